The van der Waals surface area contributed by atoms with E-state index in [1.54, 1.807) is 20.9 Å². The van der Waals surface area contributed by atoms with Gasteiger partial charge in [-0.15, -0.1) is 0 Å². The average molecular weight is 281 g/mol. The quantitative estimate of drug-likeness (QED) is 0.732. The van der Waals surface area contributed by atoms with E-state index in [0.29, 0.717) is 12.2 Å². The van der Waals surface area contributed by atoms with Crippen molar-refractivity contribution in [3.63, 3.8) is 0 Å². The van der Waals surface area contributed by atoms with Crippen LogP contribution in [0.5, 0.6) is 0 Å². The maximum Gasteiger partial charge on any atom is 0.238 e. The smallest absolute Gasteiger partial charge is 0.238 e. The van der Waals surface area contributed by atoms with Crippen LogP contribution in [0.3, 0.4) is 0 Å². The minimum Gasteiger partial charge on any atom is -0.359 e. The molecule has 3 N–H and O–H groups in total. The lowest BCUT2D eigenvalue weighted by Gasteiger charge is -2.22. The molecule has 1 rings (SSSR count). The molecule has 110 valence electrons. The summed E-state index contributed by atoms with van der Waals surface area (Å²) in [6.45, 7) is 4.04. The molecule has 5 nitrogen and oxygen atoms in total. The van der Waals surface area contributed by atoms with Gasteiger partial charge >= 0.3 is 0 Å². The van der Waals surface area contributed by atoms with Crippen LogP contribution in [0.1, 0.15) is 13.8 Å². The topological polar surface area (TPSA) is 70.2 Å². The Kier molecular flexibility index (Phi) is 5.64. The van der Waals surface area contributed by atoms with Gasteiger partial charge in [-0.25, -0.2) is 4.39 Å². The number of hydrogen-bond donors (Lipinski definition) is 3. The van der Waals surface area contributed by atoms with E-state index in [1.807, 2.05) is 0 Å². The first-order valence-electron chi connectivity index (χ1n) is 6.33. The first kappa shape index (κ1) is 16.1. The summed E-state index contributed by atoms with van der Waals surface area (Å²) < 4.78 is 12.7. The molecule has 20 heavy (non-hydrogen) atoms. The zero-order valence-corrected chi connectivity index (χ0v) is 11.9. The lowest BCUT2D eigenvalue weighted by Crippen LogP contribution is -2.43. The lowest BCUT2D eigenvalue weighted by molar-refractivity contribution is -0.128. The van der Waals surface area contributed by atoms with Gasteiger partial charge in [0.05, 0.1) is 12.0 Å². The van der Waals surface area contributed by atoms with Crippen molar-refractivity contribution >= 4 is 17.5 Å². The Morgan fingerprint density at radius 1 is 1.20 bits per heavy atom. The molecule has 0 radical (unpaired) electrons. The number of nitrogens with one attached hydrogen (secondary N) is 3. The average Bonchev–Trinajstić information content (AvgIpc) is 2.40. The van der Waals surface area contributed by atoms with E-state index in [-0.39, 0.29) is 24.2 Å². The van der Waals surface area contributed by atoms with Crippen LogP contribution in [0.2, 0.25) is 0 Å². The summed E-state index contributed by atoms with van der Waals surface area (Å²) >= 11 is 0. The molecule has 0 saturated heterocycles. The van der Waals surface area contributed by atoms with Crippen molar-refractivity contribution in [2.45, 2.75) is 13.8 Å². The molecule has 0 aromatic heterocycles. The SMILES string of the molecule is CNC(=O)C(C)(C)CNCC(=O)Nc1ccc(F)cc1. The number of benzene rings is 1. The highest BCUT2D eigenvalue weighted by atomic mass is 19.1. The van der Waals surface area contributed by atoms with Crippen LogP contribution in [0.15, 0.2) is 24.3 Å². The standard InChI is InChI=1S/C14H20FN3O2/c1-14(2,13(20)16-3)9-17-8-12(19)18-11-6-4-10(15)5-7-11/h4-7,17H,8-9H2,1-3H3,(H,16,20)(H,18,19). The number of hydrogen-bond acceptors (Lipinski definition) is 3. The van der Waals surface area contributed by atoms with Crippen molar-refractivity contribution in [3.8, 4) is 0 Å². The maximum atomic E-state index is 12.7. The zero-order valence-electron chi connectivity index (χ0n) is 11.9. The van der Waals surface area contributed by atoms with Gasteiger partial charge in [0.1, 0.15) is 5.82 Å². The summed E-state index contributed by atoms with van der Waals surface area (Å²) in [5.41, 5.74) is -0.0611. The van der Waals surface area contributed by atoms with Gasteiger partial charge < -0.3 is 16.0 Å². The zero-order chi connectivity index (χ0) is 15.2. The van der Waals surface area contributed by atoms with Crippen molar-refractivity contribution < 1.29 is 14.0 Å². The summed E-state index contributed by atoms with van der Waals surface area (Å²) in [5, 5.41) is 8.13. The van der Waals surface area contributed by atoms with Crippen LogP contribution in [-0.2, 0) is 9.59 Å². The van der Waals surface area contributed by atoms with Crippen molar-refractivity contribution in [2.24, 2.45) is 5.41 Å². The second kappa shape index (κ2) is 7.00. The van der Waals surface area contributed by atoms with Gasteiger partial charge in [0.15, 0.2) is 0 Å². The van der Waals surface area contributed by atoms with E-state index < -0.39 is 5.41 Å². The third kappa shape index (κ3) is 4.97. The third-order valence-corrected chi connectivity index (χ3v) is 2.82. The molecule has 0 unspecified atom stereocenters. The van der Waals surface area contributed by atoms with E-state index in [4.69, 9.17) is 0 Å². The molecule has 0 heterocycles. The van der Waals surface area contributed by atoms with E-state index in [1.165, 1.54) is 24.3 Å². The fourth-order valence-electron chi connectivity index (χ4n) is 1.65. The normalized spacial score (nSPS) is 11.0. The summed E-state index contributed by atoms with van der Waals surface area (Å²) in [6.07, 6.45) is 0. The summed E-state index contributed by atoms with van der Waals surface area (Å²) in [6, 6.07) is 5.53. The second-order valence-electron chi connectivity index (χ2n) is 5.12. The molecule has 0 aliphatic carbocycles. The van der Waals surface area contributed by atoms with Crippen molar-refractivity contribution in [1.29, 1.82) is 0 Å². The van der Waals surface area contributed by atoms with Gasteiger partial charge in [-0.3, -0.25) is 9.59 Å². The van der Waals surface area contributed by atoms with Crippen LogP contribution < -0.4 is 16.0 Å². The molecule has 0 saturated carbocycles. The van der Waals surface area contributed by atoms with Crippen molar-refractivity contribution in [2.75, 3.05) is 25.5 Å². The molecule has 0 fully saturated rings. The van der Waals surface area contributed by atoms with Crippen molar-refractivity contribution in [3.05, 3.63) is 30.1 Å². The molecule has 6 heteroatoms. The van der Waals surface area contributed by atoms with Gasteiger partial charge in [-0.05, 0) is 38.1 Å². The number of halogens is 1. The Balaban J connectivity index is 2.37. The largest absolute Gasteiger partial charge is 0.359 e. The third-order valence-electron chi connectivity index (χ3n) is 2.82. The van der Waals surface area contributed by atoms with E-state index in [9.17, 15) is 14.0 Å². The van der Waals surface area contributed by atoms with Crippen LogP contribution in [0, 0.1) is 11.2 Å². The van der Waals surface area contributed by atoms with Crippen LogP contribution >= 0.6 is 0 Å². The molecule has 1 aromatic carbocycles. The summed E-state index contributed by atoms with van der Waals surface area (Å²) in [7, 11) is 1.57. The highest BCUT2D eigenvalue weighted by Crippen LogP contribution is 2.13. The van der Waals surface area contributed by atoms with E-state index in [0.717, 1.165) is 0 Å². The van der Waals surface area contributed by atoms with Crippen LogP contribution in [0.4, 0.5) is 10.1 Å². The Labute approximate surface area is 117 Å². The number of amides is 2. The Morgan fingerprint density at radius 3 is 2.35 bits per heavy atom. The highest BCUT2D eigenvalue weighted by molar-refractivity contribution is 5.92. The number of carbonyl (C=O) groups is 2. The minimum atomic E-state index is -0.592. The second-order valence-corrected chi connectivity index (χ2v) is 5.12. The van der Waals surface area contributed by atoms with Gasteiger partial charge in [-0.1, -0.05) is 0 Å². The molecule has 0 aliphatic rings. The number of rotatable bonds is 6. The molecule has 0 spiro atoms. The first-order valence-corrected chi connectivity index (χ1v) is 6.33. The monoisotopic (exact) mass is 281 g/mol. The fraction of sp³-hybridized carbons (Fsp3) is 0.429. The highest BCUT2D eigenvalue weighted by Gasteiger charge is 2.26. The van der Waals surface area contributed by atoms with Gasteiger partial charge in [0.25, 0.3) is 0 Å². The molecular weight excluding hydrogens is 261 g/mol. The number of anilines is 1. The predicted octanol–water partition coefficient (Wildman–Crippen LogP) is 1.13. The Morgan fingerprint density at radius 2 is 1.80 bits per heavy atom. The van der Waals surface area contributed by atoms with Gasteiger partial charge in [0.2, 0.25) is 11.8 Å². The molecule has 0 aliphatic heterocycles. The molecular formula is C14H20FN3O2. The Bertz CT molecular complexity index is 472. The van der Waals surface area contributed by atoms with Gasteiger partial charge in [0, 0.05) is 19.3 Å². The summed E-state index contributed by atoms with van der Waals surface area (Å²) in [4.78, 5) is 23.2. The van der Waals surface area contributed by atoms with Crippen molar-refractivity contribution in [1.82, 2.24) is 10.6 Å². The van der Waals surface area contributed by atoms with E-state index >= 15 is 0 Å². The van der Waals surface area contributed by atoms with Crippen LogP contribution in [-0.4, -0.2) is 32.0 Å². The molecule has 0 bridgehead atoms. The Hall–Kier alpha value is -1.95. The number of carbonyl (C=O) groups excluding carboxylic acids is 2. The first-order chi connectivity index (χ1) is 9.35. The van der Waals surface area contributed by atoms with Gasteiger partial charge in [-0.2, -0.15) is 0 Å². The van der Waals surface area contributed by atoms with E-state index in [2.05, 4.69) is 16.0 Å². The molecule has 2 amide bonds. The minimum absolute atomic E-state index is 0.0812. The fourth-order valence-corrected chi connectivity index (χ4v) is 1.65. The molecule has 1 aromatic rings. The van der Waals surface area contributed by atoms with Crippen LogP contribution in [0.25, 0.3) is 0 Å². The predicted molar refractivity (Wildman–Crippen MR) is 75.7 cm³/mol. The maximum absolute atomic E-state index is 12.7. The molecule has 0 atom stereocenters. The summed E-state index contributed by atoms with van der Waals surface area (Å²) in [5.74, 6) is -0.693. The lowest BCUT2D eigenvalue weighted by atomic mass is 9.92.